The summed E-state index contributed by atoms with van der Waals surface area (Å²) in [5, 5.41) is 10.4. The SMILES string of the molecule is CCn1nnc2cc(C(=O)O[C@@H](C)C(=O)Nc3ccccc3OC(F)F)ccc21. The molecule has 0 aliphatic heterocycles. The molecule has 0 saturated heterocycles. The first-order valence-electron chi connectivity index (χ1n) is 8.78. The summed E-state index contributed by atoms with van der Waals surface area (Å²) in [5.74, 6) is -1.61. The van der Waals surface area contributed by atoms with Gasteiger partial charge in [0.1, 0.15) is 11.3 Å². The molecule has 8 nitrogen and oxygen atoms in total. The van der Waals surface area contributed by atoms with E-state index in [9.17, 15) is 18.4 Å². The van der Waals surface area contributed by atoms with E-state index in [1.54, 1.807) is 22.9 Å². The molecule has 2 aromatic carbocycles. The highest BCUT2D eigenvalue weighted by Gasteiger charge is 2.21. The topological polar surface area (TPSA) is 95.3 Å². The van der Waals surface area contributed by atoms with Gasteiger partial charge in [0.15, 0.2) is 6.10 Å². The van der Waals surface area contributed by atoms with Crippen LogP contribution in [-0.2, 0) is 16.1 Å². The molecule has 3 aromatic rings. The summed E-state index contributed by atoms with van der Waals surface area (Å²) in [6.45, 7) is 0.884. The molecule has 0 fully saturated rings. The molecule has 0 spiro atoms. The molecule has 152 valence electrons. The van der Waals surface area contributed by atoms with Gasteiger partial charge in [-0.25, -0.2) is 9.48 Å². The molecule has 3 rings (SSSR count). The number of alkyl halides is 2. The van der Waals surface area contributed by atoms with Crippen molar-refractivity contribution in [1.29, 1.82) is 0 Å². The molecule has 0 bridgehead atoms. The normalized spacial score (nSPS) is 12.0. The second-order valence-electron chi connectivity index (χ2n) is 6.02. The van der Waals surface area contributed by atoms with Gasteiger partial charge in [0.2, 0.25) is 0 Å². The predicted octanol–water partition coefficient (Wildman–Crippen LogP) is 3.24. The van der Waals surface area contributed by atoms with E-state index in [-0.39, 0.29) is 17.0 Å². The van der Waals surface area contributed by atoms with Crippen molar-refractivity contribution in [2.75, 3.05) is 5.32 Å². The number of amides is 1. The number of anilines is 1. The lowest BCUT2D eigenvalue weighted by atomic mass is 10.2. The Kier molecular flexibility index (Phi) is 6.01. The minimum Gasteiger partial charge on any atom is -0.449 e. The molecule has 0 radical (unpaired) electrons. The molecule has 10 heteroatoms. The van der Waals surface area contributed by atoms with Crippen molar-refractivity contribution in [3.63, 3.8) is 0 Å². The summed E-state index contributed by atoms with van der Waals surface area (Å²) < 4.78 is 36.2. The van der Waals surface area contributed by atoms with Crippen LogP contribution in [0.25, 0.3) is 11.0 Å². The average molecular weight is 404 g/mol. The van der Waals surface area contributed by atoms with Gasteiger partial charge in [0.25, 0.3) is 5.91 Å². The van der Waals surface area contributed by atoms with Crippen molar-refractivity contribution in [2.45, 2.75) is 33.1 Å². The van der Waals surface area contributed by atoms with Crippen LogP contribution >= 0.6 is 0 Å². The maximum atomic E-state index is 12.5. The number of hydrogen-bond acceptors (Lipinski definition) is 6. The Balaban J connectivity index is 1.67. The second kappa shape index (κ2) is 8.63. The monoisotopic (exact) mass is 404 g/mol. The summed E-state index contributed by atoms with van der Waals surface area (Å²) >= 11 is 0. The molecule has 1 N–H and O–H groups in total. The number of nitrogens with one attached hydrogen (secondary N) is 1. The predicted molar refractivity (Wildman–Crippen MR) is 99.8 cm³/mol. The summed E-state index contributed by atoms with van der Waals surface area (Å²) in [5.41, 5.74) is 1.54. The highest BCUT2D eigenvalue weighted by Crippen LogP contribution is 2.25. The maximum Gasteiger partial charge on any atom is 0.387 e. The lowest BCUT2D eigenvalue weighted by molar-refractivity contribution is -0.123. The van der Waals surface area contributed by atoms with Gasteiger partial charge in [0.05, 0.1) is 16.8 Å². The minimum absolute atomic E-state index is 0.0401. The van der Waals surface area contributed by atoms with Crippen LogP contribution < -0.4 is 10.1 Å². The third-order valence-electron chi connectivity index (χ3n) is 4.06. The van der Waals surface area contributed by atoms with E-state index in [1.807, 2.05) is 6.92 Å². The summed E-state index contributed by atoms with van der Waals surface area (Å²) in [7, 11) is 0. The number of rotatable bonds is 7. The standard InChI is InChI=1S/C19H18F2N4O4/c1-3-25-15-9-8-12(10-14(15)23-24-25)18(27)28-11(2)17(26)22-13-6-4-5-7-16(13)29-19(20)21/h4-11,19H,3H2,1-2H3,(H,22,26)/t11-/m0/s1. The molecule has 0 unspecified atom stereocenters. The number of nitrogens with zero attached hydrogens (tertiary/aromatic N) is 3. The van der Waals surface area contributed by atoms with E-state index in [0.29, 0.717) is 12.1 Å². The molecule has 1 aromatic heterocycles. The Bertz CT molecular complexity index is 1040. The van der Waals surface area contributed by atoms with Crippen molar-refractivity contribution >= 4 is 28.6 Å². The first kappa shape index (κ1) is 20.2. The molecular weight excluding hydrogens is 386 g/mol. The van der Waals surface area contributed by atoms with Gasteiger partial charge in [-0.2, -0.15) is 8.78 Å². The number of hydrogen-bond donors (Lipinski definition) is 1. The summed E-state index contributed by atoms with van der Waals surface area (Å²) in [6, 6.07) is 10.5. The first-order chi connectivity index (χ1) is 13.9. The van der Waals surface area contributed by atoms with Crippen molar-refractivity contribution < 1.29 is 27.8 Å². The lowest BCUT2D eigenvalue weighted by Gasteiger charge is -2.15. The van der Waals surface area contributed by atoms with Crippen LogP contribution in [-0.4, -0.2) is 39.6 Å². The average Bonchev–Trinajstić information content (AvgIpc) is 3.11. The van der Waals surface area contributed by atoms with E-state index in [0.717, 1.165) is 5.52 Å². The van der Waals surface area contributed by atoms with Crippen molar-refractivity contribution in [2.24, 2.45) is 0 Å². The van der Waals surface area contributed by atoms with Gasteiger partial charge in [-0.1, -0.05) is 17.3 Å². The Hall–Kier alpha value is -3.56. The first-order valence-corrected chi connectivity index (χ1v) is 8.78. The molecule has 0 aliphatic rings. The van der Waals surface area contributed by atoms with E-state index in [4.69, 9.17) is 4.74 Å². The number of benzene rings is 2. The van der Waals surface area contributed by atoms with E-state index in [2.05, 4.69) is 20.4 Å². The zero-order chi connectivity index (χ0) is 21.0. The summed E-state index contributed by atoms with van der Waals surface area (Å²) in [6.07, 6.45) is -1.18. The Morgan fingerprint density at radius 1 is 1.21 bits per heavy atom. The van der Waals surface area contributed by atoms with Gasteiger partial charge in [0, 0.05) is 6.54 Å². The van der Waals surface area contributed by atoms with Crippen LogP contribution in [0.1, 0.15) is 24.2 Å². The zero-order valence-electron chi connectivity index (χ0n) is 15.6. The third-order valence-corrected chi connectivity index (χ3v) is 4.06. The fourth-order valence-corrected chi connectivity index (χ4v) is 2.62. The fraction of sp³-hybridized carbons (Fsp3) is 0.263. The van der Waals surface area contributed by atoms with Crippen LogP contribution in [0, 0.1) is 0 Å². The Labute approximate surface area is 164 Å². The molecule has 1 heterocycles. The molecule has 29 heavy (non-hydrogen) atoms. The number of aromatic nitrogens is 3. The highest BCUT2D eigenvalue weighted by atomic mass is 19.3. The number of carbonyl (C=O) groups excluding carboxylic acids is 2. The quantitative estimate of drug-likeness (QED) is 0.608. The molecule has 1 amide bonds. The minimum atomic E-state index is -3.04. The fourth-order valence-electron chi connectivity index (χ4n) is 2.62. The van der Waals surface area contributed by atoms with Gasteiger partial charge in [-0.15, -0.1) is 5.10 Å². The van der Waals surface area contributed by atoms with Crippen LogP contribution in [0.2, 0.25) is 0 Å². The maximum absolute atomic E-state index is 12.5. The second-order valence-corrected chi connectivity index (χ2v) is 6.02. The van der Waals surface area contributed by atoms with Crippen LogP contribution in [0.5, 0.6) is 5.75 Å². The lowest BCUT2D eigenvalue weighted by Crippen LogP contribution is -2.30. The number of ether oxygens (including phenoxy) is 2. The number of aryl methyl sites for hydroxylation is 1. The largest absolute Gasteiger partial charge is 0.449 e. The number of fused-ring (bicyclic) bond motifs is 1. The highest BCUT2D eigenvalue weighted by molar-refractivity contribution is 5.99. The van der Waals surface area contributed by atoms with E-state index < -0.39 is 24.6 Å². The number of para-hydroxylation sites is 2. The molecule has 1 atom stereocenters. The number of carbonyl (C=O) groups is 2. The van der Waals surface area contributed by atoms with Gasteiger partial charge in [-0.3, -0.25) is 4.79 Å². The van der Waals surface area contributed by atoms with E-state index >= 15 is 0 Å². The Morgan fingerprint density at radius 3 is 2.69 bits per heavy atom. The van der Waals surface area contributed by atoms with Gasteiger partial charge in [-0.05, 0) is 44.2 Å². The van der Waals surface area contributed by atoms with Gasteiger partial charge >= 0.3 is 12.6 Å². The molecule has 0 saturated carbocycles. The van der Waals surface area contributed by atoms with Crippen molar-refractivity contribution in [3.8, 4) is 5.75 Å². The molecule has 0 aliphatic carbocycles. The smallest absolute Gasteiger partial charge is 0.387 e. The van der Waals surface area contributed by atoms with Crippen LogP contribution in [0.4, 0.5) is 14.5 Å². The van der Waals surface area contributed by atoms with Crippen molar-refractivity contribution in [1.82, 2.24) is 15.0 Å². The van der Waals surface area contributed by atoms with Crippen LogP contribution in [0.3, 0.4) is 0 Å². The van der Waals surface area contributed by atoms with Crippen molar-refractivity contribution in [3.05, 3.63) is 48.0 Å². The molecular formula is C19H18F2N4O4. The zero-order valence-corrected chi connectivity index (χ0v) is 15.6. The Morgan fingerprint density at radius 2 is 1.97 bits per heavy atom. The van der Waals surface area contributed by atoms with E-state index in [1.165, 1.54) is 31.2 Å². The summed E-state index contributed by atoms with van der Waals surface area (Å²) in [4.78, 5) is 24.7. The van der Waals surface area contributed by atoms with Gasteiger partial charge < -0.3 is 14.8 Å². The number of halogens is 2. The van der Waals surface area contributed by atoms with Crippen LogP contribution in [0.15, 0.2) is 42.5 Å². The third kappa shape index (κ3) is 4.65. The number of esters is 1.